The number of carbonyl (C=O) groups is 1. The van der Waals surface area contributed by atoms with Gasteiger partial charge in [0.25, 0.3) is 5.91 Å². The number of carbonyl (C=O) groups excluding carboxylic acids is 1. The van der Waals surface area contributed by atoms with Crippen molar-refractivity contribution >= 4 is 16.9 Å². The maximum Gasteiger partial charge on any atom is 0.251 e. The number of amides is 1. The lowest BCUT2D eigenvalue weighted by Gasteiger charge is -2.03. The highest BCUT2D eigenvalue weighted by Gasteiger charge is 2.04. The first-order valence-electron chi connectivity index (χ1n) is 7.19. The second-order valence-corrected chi connectivity index (χ2v) is 5.06. The van der Waals surface area contributed by atoms with Crippen LogP contribution in [0.3, 0.4) is 0 Å². The second-order valence-electron chi connectivity index (χ2n) is 5.06. The first-order valence-corrected chi connectivity index (χ1v) is 7.19. The zero-order chi connectivity index (χ0) is 15.4. The number of aromatic amines is 1. The molecule has 2 aromatic heterocycles. The number of rotatable bonds is 7. The first kappa shape index (κ1) is 14.3. The van der Waals surface area contributed by atoms with Gasteiger partial charge < -0.3 is 16.0 Å². The molecule has 0 bridgehead atoms. The maximum atomic E-state index is 11.0. The average Bonchev–Trinajstić information content (AvgIpc) is 3.12. The van der Waals surface area contributed by atoms with Crippen LogP contribution in [-0.4, -0.2) is 38.7 Å². The van der Waals surface area contributed by atoms with Crippen molar-refractivity contribution in [3.8, 4) is 0 Å². The first-order chi connectivity index (χ1) is 10.7. The number of benzene rings is 1. The van der Waals surface area contributed by atoms with Crippen LogP contribution in [-0.2, 0) is 13.0 Å². The van der Waals surface area contributed by atoms with E-state index in [-0.39, 0.29) is 0 Å². The van der Waals surface area contributed by atoms with Crippen molar-refractivity contribution in [1.29, 1.82) is 0 Å². The number of imidazole rings is 1. The van der Waals surface area contributed by atoms with Crippen LogP contribution in [0.4, 0.5) is 0 Å². The van der Waals surface area contributed by atoms with E-state index in [0.29, 0.717) is 12.1 Å². The predicted octanol–water partition coefficient (Wildman–Crippen LogP) is 0.691. The molecule has 0 saturated heterocycles. The third-order valence-electron chi connectivity index (χ3n) is 3.41. The Hall–Kier alpha value is -2.67. The fourth-order valence-corrected chi connectivity index (χ4v) is 2.26. The molecule has 0 unspecified atom stereocenters. The van der Waals surface area contributed by atoms with Crippen molar-refractivity contribution in [2.75, 3.05) is 13.1 Å². The number of nitrogens with two attached hydrogens (primary N) is 1. The van der Waals surface area contributed by atoms with Crippen LogP contribution in [0.25, 0.3) is 11.0 Å². The maximum absolute atomic E-state index is 11.0. The molecule has 0 spiro atoms. The topological polar surface area (TPSA) is 102 Å². The van der Waals surface area contributed by atoms with Crippen molar-refractivity contribution in [2.24, 2.45) is 5.73 Å². The molecule has 7 heteroatoms. The minimum atomic E-state index is -0.455. The summed E-state index contributed by atoms with van der Waals surface area (Å²) in [5, 5.41) is 7.41. The molecule has 1 aromatic carbocycles. The third-order valence-corrected chi connectivity index (χ3v) is 3.41. The summed E-state index contributed by atoms with van der Waals surface area (Å²) in [5.74, 6) is 0.521. The largest absolute Gasteiger partial charge is 0.366 e. The molecule has 22 heavy (non-hydrogen) atoms. The van der Waals surface area contributed by atoms with E-state index in [1.165, 1.54) is 6.20 Å². The molecular formula is C15H18N6O. The molecule has 0 fully saturated rings. The summed E-state index contributed by atoms with van der Waals surface area (Å²) in [7, 11) is 0. The smallest absolute Gasteiger partial charge is 0.251 e. The molecule has 4 N–H and O–H groups in total. The van der Waals surface area contributed by atoms with Crippen LogP contribution >= 0.6 is 0 Å². The van der Waals surface area contributed by atoms with Gasteiger partial charge in [-0.15, -0.1) is 0 Å². The Morgan fingerprint density at radius 2 is 2.18 bits per heavy atom. The Kier molecular flexibility index (Phi) is 4.15. The Morgan fingerprint density at radius 3 is 2.95 bits per heavy atom. The van der Waals surface area contributed by atoms with Crippen LogP contribution in [0.2, 0.25) is 0 Å². The summed E-state index contributed by atoms with van der Waals surface area (Å²) in [6, 6.07) is 7.99. The van der Waals surface area contributed by atoms with E-state index in [1.54, 1.807) is 10.9 Å². The van der Waals surface area contributed by atoms with E-state index in [2.05, 4.69) is 20.4 Å². The van der Waals surface area contributed by atoms with E-state index in [0.717, 1.165) is 36.4 Å². The fourth-order valence-electron chi connectivity index (χ4n) is 2.26. The van der Waals surface area contributed by atoms with Gasteiger partial charge in [-0.25, -0.2) is 4.98 Å². The lowest BCUT2D eigenvalue weighted by Crippen LogP contribution is -2.23. The number of para-hydroxylation sites is 2. The van der Waals surface area contributed by atoms with E-state index in [4.69, 9.17) is 5.73 Å². The zero-order valence-corrected chi connectivity index (χ0v) is 12.1. The summed E-state index contributed by atoms with van der Waals surface area (Å²) in [4.78, 5) is 18.8. The molecule has 0 saturated carbocycles. The number of H-pyrrole nitrogens is 1. The molecule has 0 aliphatic rings. The highest BCUT2D eigenvalue weighted by molar-refractivity contribution is 5.92. The summed E-state index contributed by atoms with van der Waals surface area (Å²) < 4.78 is 1.70. The summed E-state index contributed by atoms with van der Waals surface area (Å²) in [5.41, 5.74) is 7.67. The number of nitrogens with zero attached hydrogens (tertiary/aromatic N) is 3. The Labute approximate surface area is 127 Å². The lowest BCUT2D eigenvalue weighted by atomic mass is 10.3. The molecule has 0 atom stereocenters. The summed E-state index contributed by atoms with van der Waals surface area (Å²) >= 11 is 0. The van der Waals surface area contributed by atoms with Crippen molar-refractivity contribution in [3.05, 3.63) is 48.0 Å². The number of nitrogens with one attached hydrogen (secondary N) is 2. The van der Waals surface area contributed by atoms with Gasteiger partial charge in [0.2, 0.25) is 0 Å². The van der Waals surface area contributed by atoms with E-state index >= 15 is 0 Å². The highest BCUT2D eigenvalue weighted by atomic mass is 16.1. The second kappa shape index (κ2) is 6.40. The van der Waals surface area contributed by atoms with Crippen molar-refractivity contribution in [2.45, 2.75) is 13.0 Å². The van der Waals surface area contributed by atoms with Gasteiger partial charge >= 0.3 is 0 Å². The normalized spacial score (nSPS) is 11.1. The van der Waals surface area contributed by atoms with Gasteiger partial charge in [-0.05, 0) is 12.1 Å². The van der Waals surface area contributed by atoms with Crippen LogP contribution in [0.5, 0.6) is 0 Å². The minimum Gasteiger partial charge on any atom is -0.366 e. The molecule has 7 nitrogen and oxygen atoms in total. The van der Waals surface area contributed by atoms with Gasteiger partial charge in [0.15, 0.2) is 0 Å². The van der Waals surface area contributed by atoms with Crippen molar-refractivity contribution in [1.82, 2.24) is 25.1 Å². The Bertz CT molecular complexity index is 742. The zero-order valence-electron chi connectivity index (χ0n) is 12.1. The van der Waals surface area contributed by atoms with Gasteiger partial charge in [0.1, 0.15) is 5.82 Å². The lowest BCUT2D eigenvalue weighted by molar-refractivity contribution is 0.1000. The summed E-state index contributed by atoms with van der Waals surface area (Å²) in [6.45, 7) is 2.28. The number of hydrogen-bond donors (Lipinski definition) is 3. The molecule has 3 aromatic rings. The third kappa shape index (κ3) is 3.32. The van der Waals surface area contributed by atoms with Gasteiger partial charge in [-0.3, -0.25) is 9.48 Å². The average molecular weight is 298 g/mol. The van der Waals surface area contributed by atoms with E-state index in [1.807, 2.05) is 24.3 Å². The molecule has 2 heterocycles. The van der Waals surface area contributed by atoms with Gasteiger partial charge in [-0.1, -0.05) is 12.1 Å². The molecule has 0 radical (unpaired) electrons. The van der Waals surface area contributed by atoms with Crippen LogP contribution < -0.4 is 11.1 Å². The Balaban J connectivity index is 1.42. The highest BCUT2D eigenvalue weighted by Crippen LogP contribution is 2.10. The van der Waals surface area contributed by atoms with Crippen LogP contribution in [0.15, 0.2) is 36.7 Å². The van der Waals surface area contributed by atoms with Gasteiger partial charge in [0, 0.05) is 25.7 Å². The molecule has 1 amide bonds. The monoisotopic (exact) mass is 298 g/mol. The van der Waals surface area contributed by atoms with Crippen molar-refractivity contribution < 1.29 is 4.79 Å². The number of hydrogen-bond acceptors (Lipinski definition) is 4. The minimum absolute atomic E-state index is 0.433. The van der Waals surface area contributed by atoms with Gasteiger partial charge in [-0.2, -0.15) is 5.10 Å². The number of aromatic nitrogens is 4. The SMILES string of the molecule is NC(=O)c1cnn(CCNCCc2nc3ccccc3[nH]2)c1. The molecule has 0 aliphatic carbocycles. The number of primary amides is 1. The van der Waals surface area contributed by atoms with Crippen molar-refractivity contribution in [3.63, 3.8) is 0 Å². The molecule has 0 aliphatic heterocycles. The molecular weight excluding hydrogens is 280 g/mol. The standard InChI is InChI=1S/C15H18N6O/c16-15(22)11-9-18-21(10-11)8-7-17-6-5-14-19-12-3-1-2-4-13(12)20-14/h1-4,9-10,17H,5-8H2,(H2,16,22)(H,19,20). The van der Waals surface area contributed by atoms with Gasteiger partial charge in [0.05, 0.1) is 29.3 Å². The quantitative estimate of drug-likeness (QED) is 0.558. The van der Waals surface area contributed by atoms with E-state index < -0.39 is 5.91 Å². The van der Waals surface area contributed by atoms with E-state index in [9.17, 15) is 4.79 Å². The number of fused-ring (bicyclic) bond motifs is 1. The van der Waals surface area contributed by atoms with Crippen LogP contribution in [0.1, 0.15) is 16.2 Å². The fraction of sp³-hybridized carbons (Fsp3) is 0.267. The molecule has 3 rings (SSSR count). The Morgan fingerprint density at radius 1 is 1.32 bits per heavy atom. The summed E-state index contributed by atoms with van der Waals surface area (Å²) in [6.07, 6.45) is 3.97. The molecule has 114 valence electrons. The predicted molar refractivity (Wildman–Crippen MR) is 83.4 cm³/mol. The van der Waals surface area contributed by atoms with Crippen LogP contribution in [0, 0.1) is 0 Å².